The topological polar surface area (TPSA) is 76.0 Å². The Bertz CT molecular complexity index is 659. The molecule has 0 aliphatic rings. The van der Waals surface area contributed by atoms with Crippen LogP contribution < -0.4 is 10.6 Å². The molecule has 2 rings (SSSR count). The van der Waals surface area contributed by atoms with Gasteiger partial charge in [0.1, 0.15) is 0 Å². The number of anilines is 2. The molecule has 116 valence electrons. The average molecular weight is 300 g/mol. The maximum Gasteiger partial charge on any atom is 0.314 e. The smallest absolute Gasteiger partial charge is 0.314 e. The van der Waals surface area contributed by atoms with Gasteiger partial charge in [0.25, 0.3) is 0 Å². The molecule has 2 amide bonds. The number of aromatic nitrogens is 2. The van der Waals surface area contributed by atoms with Crippen molar-refractivity contribution >= 4 is 23.2 Å². The van der Waals surface area contributed by atoms with Gasteiger partial charge >= 0.3 is 11.8 Å². The van der Waals surface area contributed by atoms with Gasteiger partial charge in [-0.25, -0.2) is 0 Å². The average Bonchev–Trinajstić information content (AvgIpc) is 2.95. The first-order valence-corrected chi connectivity index (χ1v) is 7.24. The Balaban J connectivity index is 1.94. The predicted molar refractivity (Wildman–Crippen MR) is 85.7 cm³/mol. The normalized spacial score (nSPS) is 10.5. The number of carbonyl (C=O) groups excluding carboxylic acids is 2. The summed E-state index contributed by atoms with van der Waals surface area (Å²) < 4.78 is 1.66. The third-order valence-electron chi connectivity index (χ3n) is 3.26. The van der Waals surface area contributed by atoms with Gasteiger partial charge in [-0.05, 0) is 30.5 Å². The summed E-state index contributed by atoms with van der Waals surface area (Å²) >= 11 is 0. The minimum absolute atomic E-state index is 0.420. The quantitative estimate of drug-likeness (QED) is 0.852. The van der Waals surface area contributed by atoms with E-state index < -0.39 is 11.8 Å². The van der Waals surface area contributed by atoms with E-state index in [1.165, 1.54) is 11.8 Å². The second kappa shape index (κ2) is 6.89. The second-order valence-corrected chi connectivity index (χ2v) is 5.27. The minimum Gasteiger partial charge on any atom is -0.318 e. The van der Waals surface area contributed by atoms with E-state index in [9.17, 15) is 9.59 Å². The summed E-state index contributed by atoms with van der Waals surface area (Å²) in [5.41, 5.74) is 2.26. The van der Waals surface area contributed by atoms with Crippen LogP contribution in [0.1, 0.15) is 32.3 Å². The molecule has 1 heterocycles. The van der Waals surface area contributed by atoms with Gasteiger partial charge in [0.15, 0.2) is 0 Å². The van der Waals surface area contributed by atoms with Crippen molar-refractivity contribution in [3.05, 3.63) is 42.2 Å². The maximum atomic E-state index is 11.9. The van der Waals surface area contributed by atoms with Crippen LogP contribution in [-0.2, 0) is 16.1 Å². The molecular weight excluding hydrogens is 280 g/mol. The highest BCUT2D eigenvalue weighted by Gasteiger charge is 2.14. The summed E-state index contributed by atoms with van der Waals surface area (Å²) in [6.07, 6.45) is 3.18. The van der Waals surface area contributed by atoms with Crippen molar-refractivity contribution in [2.45, 2.75) is 33.2 Å². The number of hydrogen-bond donors (Lipinski definition) is 2. The van der Waals surface area contributed by atoms with E-state index in [4.69, 9.17) is 0 Å². The monoisotopic (exact) mass is 300 g/mol. The highest BCUT2D eigenvalue weighted by molar-refractivity contribution is 6.43. The SMILES string of the molecule is CCn1cc(NC(=O)C(=O)Nc2ccc(C(C)C)cc2)cn1. The van der Waals surface area contributed by atoms with Gasteiger partial charge in [-0.1, -0.05) is 26.0 Å². The molecule has 0 fully saturated rings. The number of aryl methyl sites for hydroxylation is 1. The molecule has 0 saturated heterocycles. The summed E-state index contributed by atoms with van der Waals surface area (Å²) in [5.74, 6) is -1.01. The van der Waals surface area contributed by atoms with Crippen LogP contribution in [0.3, 0.4) is 0 Å². The lowest BCUT2D eigenvalue weighted by atomic mass is 10.0. The molecule has 6 heteroatoms. The first kappa shape index (κ1) is 15.8. The summed E-state index contributed by atoms with van der Waals surface area (Å²) in [5, 5.41) is 9.11. The van der Waals surface area contributed by atoms with Crippen molar-refractivity contribution < 1.29 is 9.59 Å². The van der Waals surface area contributed by atoms with E-state index in [-0.39, 0.29) is 0 Å². The van der Waals surface area contributed by atoms with Crippen LogP contribution in [0.25, 0.3) is 0 Å². The van der Waals surface area contributed by atoms with Crippen LogP contribution in [0.4, 0.5) is 11.4 Å². The number of nitrogens with one attached hydrogen (secondary N) is 2. The first-order valence-electron chi connectivity index (χ1n) is 7.24. The zero-order valence-electron chi connectivity index (χ0n) is 13.0. The predicted octanol–water partition coefficient (Wildman–Crippen LogP) is 2.60. The molecule has 0 unspecified atom stereocenters. The summed E-state index contributed by atoms with van der Waals surface area (Å²) in [7, 11) is 0. The number of amides is 2. The lowest BCUT2D eigenvalue weighted by Gasteiger charge is -2.08. The molecule has 22 heavy (non-hydrogen) atoms. The number of rotatable bonds is 4. The van der Waals surface area contributed by atoms with E-state index in [1.807, 2.05) is 19.1 Å². The Morgan fingerprint density at radius 1 is 1.09 bits per heavy atom. The fraction of sp³-hybridized carbons (Fsp3) is 0.312. The Morgan fingerprint density at radius 3 is 2.18 bits per heavy atom. The van der Waals surface area contributed by atoms with Crippen molar-refractivity contribution in [2.75, 3.05) is 10.6 Å². The van der Waals surface area contributed by atoms with Crippen LogP contribution >= 0.6 is 0 Å². The molecule has 0 atom stereocenters. The largest absolute Gasteiger partial charge is 0.318 e. The summed E-state index contributed by atoms with van der Waals surface area (Å²) in [6.45, 7) is 6.82. The van der Waals surface area contributed by atoms with Crippen LogP contribution in [0, 0.1) is 0 Å². The number of carbonyl (C=O) groups is 2. The van der Waals surface area contributed by atoms with Crippen LogP contribution in [-0.4, -0.2) is 21.6 Å². The van der Waals surface area contributed by atoms with Crippen molar-refractivity contribution in [3.8, 4) is 0 Å². The molecule has 0 spiro atoms. The van der Waals surface area contributed by atoms with Gasteiger partial charge in [-0.15, -0.1) is 0 Å². The standard InChI is InChI=1S/C16H20N4O2/c1-4-20-10-14(9-17-20)19-16(22)15(21)18-13-7-5-12(6-8-13)11(2)3/h5-11H,4H2,1-3H3,(H,18,21)(H,19,22). The maximum absolute atomic E-state index is 11.9. The third-order valence-corrected chi connectivity index (χ3v) is 3.26. The van der Waals surface area contributed by atoms with Gasteiger partial charge in [-0.2, -0.15) is 5.10 Å². The van der Waals surface area contributed by atoms with E-state index in [1.54, 1.807) is 23.0 Å². The summed E-state index contributed by atoms with van der Waals surface area (Å²) in [4.78, 5) is 23.7. The molecule has 0 bridgehead atoms. The number of benzene rings is 1. The van der Waals surface area contributed by atoms with Crippen LogP contribution in [0.2, 0.25) is 0 Å². The molecule has 0 radical (unpaired) electrons. The van der Waals surface area contributed by atoms with Gasteiger partial charge < -0.3 is 10.6 Å². The third kappa shape index (κ3) is 3.94. The molecule has 2 N–H and O–H groups in total. The van der Waals surface area contributed by atoms with Gasteiger partial charge in [-0.3, -0.25) is 14.3 Å². The van der Waals surface area contributed by atoms with Crippen LogP contribution in [0.5, 0.6) is 0 Å². The van der Waals surface area contributed by atoms with Crippen molar-refractivity contribution in [1.82, 2.24) is 9.78 Å². The first-order chi connectivity index (χ1) is 10.5. The Hall–Kier alpha value is -2.63. The highest BCUT2D eigenvalue weighted by Crippen LogP contribution is 2.17. The highest BCUT2D eigenvalue weighted by atomic mass is 16.2. The lowest BCUT2D eigenvalue weighted by Crippen LogP contribution is -2.28. The lowest BCUT2D eigenvalue weighted by molar-refractivity contribution is -0.132. The fourth-order valence-corrected chi connectivity index (χ4v) is 1.93. The molecule has 0 aliphatic heterocycles. The minimum atomic E-state index is -0.719. The molecular formula is C16H20N4O2. The van der Waals surface area contributed by atoms with Crippen molar-refractivity contribution in [2.24, 2.45) is 0 Å². The number of hydrogen-bond acceptors (Lipinski definition) is 3. The van der Waals surface area contributed by atoms with E-state index >= 15 is 0 Å². The molecule has 0 saturated carbocycles. The Labute approximate surface area is 129 Å². The van der Waals surface area contributed by atoms with Crippen molar-refractivity contribution in [1.29, 1.82) is 0 Å². The zero-order chi connectivity index (χ0) is 16.1. The van der Waals surface area contributed by atoms with Gasteiger partial charge in [0.05, 0.1) is 11.9 Å². The molecule has 0 aliphatic carbocycles. The Kier molecular flexibility index (Phi) is 4.93. The zero-order valence-corrected chi connectivity index (χ0v) is 13.0. The molecule has 2 aromatic rings. The van der Waals surface area contributed by atoms with Gasteiger partial charge in [0.2, 0.25) is 0 Å². The van der Waals surface area contributed by atoms with E-state index in [2.05, 4.69) is 29.6 Å². The summed E-state index contributed by atoms with van der Waals surface area (Å²) in [6, 6.07) is 7.44. The second-order valence-electron chi connectivity index (χ2n) is 5.27. The fourth-order valence-electron chi connectivity index (χ4n) is 1.93. The molecule has 1 aromatic heterocycles. The van der Waals surface area contributed by atoms with E-state index in [0.717, 1.165) is 0 Å². The van der Waals surface area contributed by atoms with E-state index in [0.29, 0.717) is 23.8 Å². The molecule has 6 nitrogen and oxygen atoms in total. The Morgan fingerprint density at radius 2 is 1.68 bits per heavy atom. The molecule has 1 aromatic carbocycles. The van der Waals surface area contributed by atoms with Crippen LogP contribution in [0.15, 0.2) is 36.7 Å². The van der Waals surface area contributed by atoms with Gasteiger partial charge in [0, 0.05) is 18.4 Å². The van der Waals surface area contributed by atoms with Crippen molar-refractivity contribution in [3.63, 3.8) is 0 Å². The number of nitrogens with zero attached hydrogens (tertiary/aromatic N) is 2.